The van der Waals surface area contributed by atoms with E-state index in [1.807, 2.05) is 48.5 Å². The van der Waals surface area contributed by atoms with E-state index in [-0.39, 0.29) is 0 Å². The van der Waals surface area contributed by atoms with Crippen LogP contribution in [0.25, 0.3) is 0 Å². The van der Waals surface area contributed by atoms with Crippen molar-refractivity contribution < 1.29 is 18.9 Å². The molecule has 0 aliphatic carbocycles. The molecule has 0 aromatic heterocycles. The molecule has 0 heterocycles. The van der Waals surface area contributed by atoms with E-state index >= 15 is 0 Å². The number of methoxy groups -OCH3 is 4. The number of rotatable bonds is 12. The molecule has 6 aromatic carbocycles. The first-order chi connectivity index (χ1) is 27.7. The van der Waals surface area contributed by atoms with E-state index in [0.29, 0.717) is 11.1 Å². The van der Waals surface area contributed by atoms with Crippen molar-refractivity contribution in [2.45, 2.75) is 38.8 Å². The maximum Gasteiger partial charge on any atom is 0.222 e. The monoisotopic (exact) mass is 770 g/mol. The Morgan fingerprint density at radius 1 is 0.351 bits per heavy atom. The molecule has 0 aliphatic rings. The van der Waals surface area contributed by atoms with Crippen molar-refractivity contribution >= 4 is 42.2 Å². The highest BCUT2D eigenvalue weighted by atomic mass is 28.3. The SMILES string of the molecule is COc1ccc(N(c2ccc(C#C[Si](C#Cc3ccc(N(c4ccc(OC)cc4)c4ccc(OC)cc4)cc3)(C(C)C)C(C)C)cc2)c2ccc(OC)cc2)cc1. The molecule has 6 nitrogen and oxygen atoms in total. The van der Waals surface area contributed by atoms with Crippen molar-refractivity contribution in [3.8, 4) is 45.9 Å². The van der Waals surface area contributed by atoms with Gasteiger partial charge in [-0.15, -0.1) is 11.1 Å². The van der Waals surface area contributed by atoms with Gasteiger partial charge in [-0.2, -0.15) is 0 Å². The Morgan fingerprint density at radius 2 is 0.561 bits per heavy atom. The van der Waals surface area contributed by atoms with Gasteiger partial charge in [0.1, 0.15) is 23.0 Å². The number of nitrogens with zero attached hydrogens (tertiary/aromatic N) is 2. The largest absolute Gasteiger partial charge is 0.497 e. The zero-order chi connectivity index (χ0) is 40.4. The molecule has 0 aliphatic heterocycles. The summed E-state index contributed by atoms with van der Waals surface area (Å²) in [6.07, 6.45) is 0. The van der Waals surface area contributed by atoms with Gasteiger partial charge >= 0.3 is 0 Å². The Bertz CT molecular complexity index is 2070. The standard InChI is InChI=1S/C50H50N2O4Si/c1-37(2)57(38(3)4,35-33-39-9-13-41(14-10-39)51(43-17-25-47(53-5)26-18-43)44-19-27-48(54-6)28-20-44)36-34-40-11-15-42(16-12-40)52(45-21-29-49(55-7)30-22-45)46-23-31-50(56-8)32-24-46/h9-32,37-38H,1-8H3. The molecule has 0 atom stereocenters. The minimum Gasteiger partial charge on any atom is -0.497 e. The summed E-state index contributed by atoms with van der Waals surface area (Å²) in [4.78, 5) is 4.42. The second kappa shape index (κ2) is 18.4. The fourth-order valence-electron chi connectivity index (χ4n) is 6.83. The van der Waals surface area contributed by atoms with E-state index in [1.165, 1.54) is 0 Å². The minimum atomic E-state index is -2.42. The zero-order valence-electron chi connectivity index (χ0n) is 34.0. The third kappa shape index (κ3) is 9.30. The van der Waals surface area contributed by atoms with Gasteiger partial charge in [-0.1, -0.05) is 39.5 Å². The van der Waals surface area contributed by atoms with Gasteiger partial charge in [-0.05, 0) is 157 Å². The maximum absolute atomic E-state index is 5.43. The molecule has 0 radical (unpaired) electrons. The van der Waals surface area contributed by atoms with Crippen molar-refractivity contribution in [1.82, 2.24) is 0 Å². The number of anilines is 6. The van der Waals surface area contributed by atoms with Crippen LogP contribution < -0.4 is 28.7 Å². The number of hydrogen-bond donors (Lipinski definition) is 0. The fourth-order valence-corrected chi connectivity index (χ4v) is 10.1. The summed E-state index contributed by atoms with van der Waals surface area (Å²) in [5, 5.41) is 0. The van der Waals surface area contributed by atoms with Crippen molar-refractivity contribution in [1.29, 1.82) is 0 Å². The van der Waals surface area contributed by atoms with E-state index in [9.17, 15) is 0 Å². The summed E-state index contributed by atoms with van der Waals surface area (Å²) in [6, 6.07) is 49.2. The molecule has 7 heteroatoms. The van der Waals surface area contributed by atoms with Crippen LogP contribution in [0.2, 0.25) is 11.1 Å². The van der Waals surface area contributed by atoms with Crippen molar-refractivity contribution in [2.24, 2.45) is 0 Å². The smallest absolute Gasteiger partial charge is 0.222 e. The average Bonchev–Trinajstić information content (AvgIpc) is 3.25. The summed E-state index contributed by atoms with van der Waals surface area (Å²) in [6.45, 7) is 9.08. The first-order valence-corrected chi connectivity index (χ1v) is 21.3. The molecule has 57 heavy (non-hydrogen) atoms. The second-order valence-electron chi connectivity index (χ2n) is 14.2. The fraction of sp³-hybridized carbons (Fsp3) is 0.200. The van der Waals surface area contributed by atoms with Crippen LogP contribution in [0, 0.1) is 22.9 Å². The number of ether oxygens (including phenoxy) is 4. The molecule has 0 saturated carbocycles. The first-order valence-electron chi connectivity index (χ1n) is 19.1. The van der Waals surface area contributed by atoms with Crippen LogP contribution in [0.4, 0.5) is 34.1 Å². The van der Waals surface area contributed by atoms with Gasteiger partial charge < -0.3 is 28.7 Å². The summed E-state index contributed by atoms with van der Waals surface area (Å²) in [7, 11) is 4.29. The van der Waals surface area contributed by atoms with E-state index in [4.69, 9.17) is 18.9 Å². The third-order valence-electron chi connectivity index (χ3n) is 10.2. The summed E-state index contributed by atoms with van der Waals surface area (Å²) >= 11 is 0. The van der Waals surface area contributed by atoms with Crippen LogP contribution in [0.15, 0.2) is 146 Å². The molecule has 0 bridgehead atoms. The van der Waals surface area contributed by atoms with E-state index in [2.05, 4.69) is 157 Å². The minimum absolute atomic E-state index is 0.331. The summed E-state index contributed by atoms with van der Waals surface area (Å²) in [5.41, 5.74) is 16.3. The molecule has 6 rings (SSSR count). The van der Waals surface area contributed by atoms with Crippen molar-refractivity contribution in [3.63, 3.8) is 0 Å². The Balaban J connectivity index is 1.29. The van der Waals surface area contributed by atoms with E-state index in [0.717, 1.165) is 68.2 Å². The van der Waals surface area contributed by atoms with Gasteiger partial charge in [0, 0.05) is 45.3 Å². The molecule has 288 valence electrons. The van der Waals surface area contributed by atoms with Crippen LogP contribution in [-0.2, 0) is 0 Å². The lowest BCUT2D eigenvalue weighted by Crippen LogP contribution is -2.39. The van der Waals surface area contributed by atoms with Gasteiger partial charge in [0.2, 0.25) is 8.07 Å². The first kappa shape index (κ1) is 40.1. The van der Waals surface area contributed by atoms with Crippen LogP contribution in [0.1, 0.15) is 38.8 Å². The molecule has 0 N–H and O–H groups in total. The second-order valence-corrected chi connectivity index (χ2v) is 18.8. The quantitative estimate of drug-likeness (QED) is 0.0912. The lowest BCUT2D eigenvalue weighted by atomic mass is 10.1. The van der Waals surface area contributed by atoms with Crippen molar-refractivity contribution in [2.75, 3.05) is 38.2 Å². The van der Waals surface area contributed by atoms with Crippen LogP contribution >= 0.6 is 0 Å². The van der Waals surface area contributed by atoms with Gasteiger partial charge in [0.05, 0.1) is 28.4 Å². The van der Waals surface area contributed by atoms with Crippen LogP contribution in [0.5, 0.6) is 23.0 Å². The molecule has 0 saturated heterocycles. The van der Waals surface area contributed by atoms with Crippen molar-refractivity contribution in [3.05, 3.63) is 157 Å². The molecule has 0 spiro atoms. The van der Waals surface area contributed by atoms with Gasteiger partial charge in [-0.3, -0.25) is 0 Å². The summed E-state index contributed by atoms with van der Waals surface area (Å²) < 4.78 is 21.7. The average molecular weight is 771 g/mol. The predicted octanol–water partition coefficient (Wildman–Crippen LogP) is 12.4. The third-order valence-corrected chi connectivity index (χ3v) is 14.9. The molecule has 6 aromatic rings. The van der Waals surface area contributed by atoms with Crippen LogP contribution in [0.3, 0.4) is 0 Å². The van der Waals surface area contributed by atoms with Crippen LogP contribution in [-0.4, -0.2) is 36.5 Å². The van der Waals surface area contributed by atoms with Gasteiger partial charge in [0.25, 0.3) is 0 Å². The topological polar surface area (TPSA) is 43.4 Å². The molecular formula is C50H50N2O4Si. The molecule has 0 unspecified atom stereocenters. The normalized spacial score (nSPS) is 10.8. The lowest BCUT2D eigenvalue weighted by molar-refractivity contribution is 0.414. The van der Waals surface area contributed by atoms with E-state index in [1.54, 1.807) is 28.4 Å². The maximum atomic E-state index is 5.43. The van der Waals surface area contributed by atoms with Gasteiger partial charge in [0.15, 0.2) is 0 Å². The van der Waals surface area contributed by atoms with Gasteiger partial charge in [-0.25, -0.2) is 0 Å². The Labute approximate surface area is 339 Å². The van der Waals surface area contributed by atoms with E-state index < -0.39 is 8.07 Å². The Morgan fingerprint density at radius 3 is 0.754 bits per heavy atom. The predicted molar refractivity (Wildman–Crippen MR) is 238 cm³/mol. The molecule has 0 amide bonds. The highest BCUT2D eigenvalue weighted by molar-refractivity contribution is 6.96. The highest BCUT2D eigenvalue weighted by Crippen LogP contribution is 2.38. The molecule has 0 fully saturated rings. The number of benzene rings is 6. The number of hydrogen-bond acceptors (Lipinski definition) is 6. The highest BCUT2D eigenvalue weighted by Gasteiger charge is 2.37. The zero-order valence-corrected chi connectivity index (χ0v) is 35.0. The Hall–Kier alpha value is -6.54. The molecular weight excluding hydrogens is 721 g/mol. The lowest BCUT2D eigenvalue weighted by Gasteiger charge is -2.28. The summed E-state index contributed by atoms with van der Waals surface area (Å²) in [5.74, 6) is 10.4. The Kier molecular flexibility index (Phi) is 12.9.